The summed E-state index contributed by atoms with van der Waals surface area (Å²) in [5.41, 5.74) is 0.267. The third-order valence-corrected chi connectivity index (χ3v) is 4.46. The second kappa shape index (κ2) is 13.3. The molecule has 160 valence electrons. The fourth-order valence-corrected chi connectivity index (χ4v) is 2.95. The van der Waals surface area contributed by atoms with Gasteiger partial charge in [-0.05, 0) is 18.3 Å². The van der Waals surface area contributed by atoms with Crippen LogP contribution in [0.2, 0.25) is 0 Å². The Morgan fingerprint density at radius 1 is 1.07 bits per heavy atom. The van der Waals surface area contributed by atoms with Gasteiger partial charge in [-0.15, -0.1) is 0 Å². The normalized spacial score (nSPS) is 11.2. The number of rotatable bonds is 14. The molecule has 1 rings (SSSR count). The van der Waals surface area contributed by atoms with E-state index in [0.29, 0.717) is 43.8 Å². The maximum Gasteiger partial charge on any atom is 0.273 e. The SMILES string of the molecule is CCCCCCCCC(=O)N(Cc1nc(C(=O)NCC(C)C)co1)CC(C)C. The average molecular weight is 394 g/mol. The van der Waals surface area contributed by atoms with E-state index < -0.39 is 0 Å². The number of carbonyl (C=O) groups is 2. The Bertz CT molecular complexity index is 581. The zero-order valence-electron chi connectivity index (χ0n) is 18.4. The number of carbonyl (C=O) groups excluding carboxylic acids is 2. The molecule has 0 atom stereocenters. The summed E-state index contributed by atoms with van der Waals surface area (Å²) in [7, 11) is 0. The summed E-state index contributed by atoms with van der Waals surface area (Å²) < 4.78 is 5.46. The molecule has 1 aromatic heterocycles. The highest BCUT2D eigenvalue weighted by Crippen LogP contribution is 2.13. The van der Waals surface area contributed by atoms with E-state index >= 15 is 0 Å². The lowest BCUT2D eigenvalue weighted by molar-refractivity contribution is -0.132. The Morgan fingerprint density at radius 3 is 2.39 bits per heavy atom. The first-order valence-corrected chi connectivity index (χ1v) is 10.8. The predicted molar refractivity (Wildman–Crippen MR) is 112 cm³/mol. The molecular formula is C22H39N3O3. The molecule has 1 N–H and O–H groups in total. The summed E-state index contributed by atoms with van der Waals surface area (Å²) in [6.07, 6.45) is 8.89. The van der Waals surface area contributed by atoms with E-state index in [9.17, 15) is 9.59 Å². The van der Waals surface area contributed by atoms with E-state index in [0.717, 1.165) is 12.8 Å². The summed E-state index contributed by atoms with van der Waals surface area (Å²) in [5, 5.41) is 2.83. The van der Waals surface area contributed by atoms with Crippen LogP contribution in [0, 0.1) is 11.8 Å². The first-order chi connectivity index (χ1) is 13.3. The Morgan fingerprint density at radius 2 is 1.75 bits per heavy atom. The second-order valence-corrected chi connectivity index (χ2v) is 8.42. The molecule has 1 aromatic rings. The lowest BCUT2D eigenvalue weighted by Gasteiger charge is -2.23. The summed E-state index contributed by atoms with van der Waals surface area (Å²) in [5.74, 6) is 1.03. The molecule has 0 aromatic carbocycles. The van der Waals surface area contributed by atoms with Crippen molar-refractivity contribution in [2.45, 2.75) is 86.1 Å². The Hall–Kier alpha value is -1.85. The minimum absolute atomic E-state index is 0.133. The average Bonchev–Trinajstić information content (AvgIpc) is 3.10. The number of oxazole rings is 1. The summed E-state index contributed by atoms with van der Waals surface area (Å²) in [6.45, 7) is 12.0. The van der Waals surface area contributed by atoms with Crippen LogP contribution in [0.25, 0.3) is 0 Å². The molecule has 2 amide bonds. The van der Waals surface area contributed by atoms with Gasteiger partial charge in [-0.1, -0.05) is 66.7 Å². The van der Waals surface area contributed by atoms with Crippen LogP contribution in [-0.2, 0) is 11.3 Å². The van der Waals surface area contributed by atoms with Gasteiger partial charge in [-0.25, -0.2) is 4.98 Å². The molecule has 0 aliphatic carbocycles. The molecule has 0 saturated heterocycles. The standard InChI is InChI=1S/C22H39N3O3/c1-6-7-8-9-10-11-12-21(26)25(14-18(4)5)15-20-24-19(16-28-20)22(27)23-13-17(2)3/h16-18H,6-15H2,1-5H3,(H,23,27). The summed E-state index contributed by atoms with van der Waals surface area (Å²) in [6, 6.07) is 0. The zero-order chi connectivity index (χ0) is 20.9. The Kier molecular flexibility index (Phi) is 11.5. The van der Waals surface area contributed by atoms with Crippen LogP contribution in [0.4, 0.5) is 0 Å². The van der Waals surface area contributed by atoms with E-state index in [1.807, 2.05) is 13.8 Å². The van der Waals surface area contributed by atoms with Crippen LogP contribution in [0.1, 0.15) is 95.9 Å². The highest BCUT2D eigenvalue weighted by atomic mass is 16.3. The zero-order valence-corrected chi connectivity index (χ0v) is 18.4. The van der Waals surface area contributed by atoms with Crippen LogP contribution in [0.5, 0.6) is 0 Å². The fourth-order valence-electron chi connectivity index (χ4n) is 2.95. The van der Waals surface area contributed by atoms with Gasteiger partial charge in [0, 0.05) is 19.5 Å². The number of nitrogens with zero attached hydrogens (tertiary/aromatic N) is 2. The first-order valence-electron chi connectivity index (χ1n) is 10.8. The number of hydrogen-bond donors (Lipinski definition) is 1. The van der Waals surface area contributed by atoms with Crippen molar-refractivity contribution in [3.05, 3.63) is 17.8 Å². The molecule has 0 bridgehead atoms. The summed E-state index contributed by atoms with van der Waals surface area (Å²) in [4.78, 5) is 30.8. The van der Waals surface area contributed by atoms with Crippen LogP contribution >= 0.6 is 0 Å². The lowest BCUT2D eigenvalue weighted by atomic mass is 10.1. The molecule has 0 saturated carbocycles. The number of aromatic nitrogens is 1. The minimum Gasteiger partial charge on any atom is -0.446 e. The molecular weight excluding hydrogens is 354 g/mol. The number of nitrogens with one attached hydrogen (secondary N) is 1. The van der Waals surface area contributed by atoms with Gasteiger partial charge in [0.05, 0.1) is 6.54 Å². The molecule has 0 fully saturated rings. The van der Waals surface area contributed by atoms with Gasteiger partial charge in [0.15, 0.2) is 5.69 Å². The number of hydrogen-bond acceptors (Lipinski definition) is 4. The van der Waals surface area contributed by atoms with Crippen molar-refractivity contribution >= 4 is 11.8 Å². The molecule has 0 unspecified atom stereocenters. The van der Waals surface area contributed by atoms with Crippen LogP contribution in [0.3, 0.4) is 0 Å². The molecule has 6 heteroatoms. The maximum atomic E-state index is 12.7. The molecule has 28 heavy (non-hydrogen) atoms. The monoisotopic (exact) mass is 393 g/mol. The quantitative estimate of drug-likeness (QED) is 0.461. The van der Waals surface area contributed by atoms with Crippen LogP contribution < -0.4 is 5.32 Å². The largest absolute Gasteiger partial charge is 0.446 e. The number of amides is 2. The van der Waals surface area contributed by atoms with E-state index in [-0.39, 0.29) is 17.5 Å². The third kappa shape index (κ3) is 9.90. The van der Waals surface area contributed by atoms with Gasteiger partial charge >= 0.3 is 0 Å². The molecule has 0 aliphatic rings. The van der Waals surface area contributed by atoms with E-state index in [1.54, 1.807) is 4.90 Å². The van der Waals surface area contributed by atoms with Crippen LogP contribution in [-0.4, -0.2) is 34.8 Å². The van der Waals surface area contributed by atoms with Gasteiger partial charge in [-0.3, -0.25) is 9.59 Å². The number of unbranched alkanes of at least 4 members (excludes halogenated alkanes) is 5. The molecule has 0 radical (unpaired) electrons. The van der Waals surface area contributed by atoms with Crippen molar-refractivity contribution in [2.24, 2.45) is 11.8 Å². The van der Waals surface area contributed by atoms with E-state index in [1.165, 1.54) is 31.9 Å². The molecule has 0 aliphatic heterocycles. The van der Waals surface area contributed by atoms with Crippen LogP contribution in [0.15, 0.2) is 10.7 Å². The Balaban J connectivity index is 2.56. The van der Waals surface area contributed by atoms with Gasteiger partial charge in [0.2, 0.25) is 11.8 Å². The highest BCUT2D eigenvalue weighted by Gasteiger charge is 2.19. The highest BCUT2D eigenvalue weighted by molar-refractivity contribution is 5.91. The van der Waals surface area contributed by atoms with Crippen molar-refractivity contribution in [3.63, 3.8) is 0 Å². The van der Waals surface area contributed by atoms with Gasteiger partial charge in [-0.2, -0.15) is 0 Å². The maximum absolute atomic E-state index is 12.7. The lowest BCUT2D eigenvalue weighted by Crippen LogP contribution is -2.33. The van der Waals surface area contributed by atoms with Crippen molar-refractivity contribution in [1.29, 1.82) is 0 Å². The van der Waals surface area contributed by atoms with Gasteiger partial charge in [0.1, 0.15) is 6.26 Å². The molecule has 0 spiro atoms. The van der Waals surface area contributed by atoms with Gasteiger partial charge in [0.25, 0.3) is 5.91 Å². The van der Waals surface area contributed by atoms with Crippen molar-refractivity contribution < 1.29 is 14.0 Å². The molecule has 6 nitrogen and oxygen atoms in total. The first kappa shape index (κ1) is 24.2. The van der Waals surface area contributed by atoms with Crippen molar-refractivity contribution in [3.8, 4) is 0 Å². The topological polar surface area (TPSA) is 75.4 Å². The van der Waals surface area contributed by atoms with E-state index in [4.69, 9.17) is 4.42 Å². The minimum atomic E-state index is -0.238. The molecule has 1 heterocycles. The fraction of sp³-hybridized carbons (Fsp3) is 0.773. The summed E-state index contributed by atoms with van der Waals surface area (Å²) >= 11 is 0. The van der Waals surface area contributed by atoms with E-state index in [2.05, 4.69) is 31.1 Å². The predicted octanol–water partition coefficient (Wildman–Crippen LogP) is 4.80. The smallest absolute Gasteiger partial charge is 0.273 e. The van der Waals surface area contributed by atoms with Crippen molar-refractivity contribution in [2.75, 3.05) is 13.1 Å². The van der Waals surface area contributed by atoms with Gasteiger partial charge < -0.3 is 14.6 Å². The van der Waals surface area contributed by atoms with Crippen molar-refractivity contribution in [1.82, 2.24) is 15.2 Å². The second-order valence-electron chi connectivity index (χ2n) is 8.42. The Labute approximate surface area is 170 Å². The third-order valence-electron chi connectivity index (χ3n) is 4.46.